The Morgan fingerprint density at radius 1 is 1.42 bits per heavy atom. The van der Waals surface area contributed by atoms with Crippen LogP contribution >= 0.6 is 18.6 Å². The van der Waals surface area contributed by atoms with E-state index >= 15 is 0 Å². The minimum Gasteiger partial charge on any atom is -0.322 e. The molecule has 0 radical (unpaired) electrons. The Hall–Kier alpha value is -0.240. The molecular formula is C8H9O2PS. The minimum absolute atomic E-state index is 0.276. The van der Waals surface area contributed by atoms with Crippen molar-refractivity contribution in [2.45, 2.75) is 5.25 Å². The molecule has 1 aliphatic rings. The van der Waals surface area contributed by atoms with Gasteiger partial charge < -0.3 is 4.52 Å². The first-order valence-electron chi connectivity index (χ1n) is 3.74. The topological polar surface area (TPSA) is 26.3 Å². The zero-order valence-corrected chi connectivity index (χ0v) is 8.21. The summed E-state index contributed by atoms with van der Waals surface area (Å²) in [5.41, 5.74) is 1.21. The predicted octanol–water partition coefficient (Wildman–Crippen LogP) is 2.88. The summed E-state index contributed by atoms with van der Waals surface area (Å²) in [5, 5.41) is 0.276. The van der Waals surface area contributed by atoms with Crippen LogP contribution in [0, 0.1) is 0 Å². The van der Waals surface area contributed by atoms with E-state index in [-0.39, 0.29) is 5.25 Å². The molecule has 0 aromatic heterocycles. The van der Waals surface area contributed by atoms with Gasteiger partial charge in [-0.1, -0.05) is 41.7 Å². The molecule has 0 bridgehead atoms. The molecule has 1 fully saturated rings. The van der Waals surface area contributed by atoms with Crippen molar-refractivity contribution in [3.8, 4) is 0 Å². The Kier molecular flexibility index (Phi) is 2.54. The SMILES string of the molecule is O=[PH]1OC[C@H](c2ccccc2)S1. The molecule has 12 heavy (non-hydrogen) atoms. The highest BCUT2D eigenvalue weighted by molar-refractivity contribution is 8.50. The van der Waals surface area contributed by atoms with Crippen LogP contribution in [0.2, 0.25) is 0 Å². The maximum absolute atomic E-state index is 11.0. The summed E-state index contributed by atoms with van der Waals surface area (Å²) in [6, 6.07) is 10.0. The van der Waals surface area contributed by atoms with Crippen LogP contribution < -0.4 is 0 Å². The van der Waals surface area contributed by atoms with Gasteiger partial charge in [-0.2, -0.15) is 0 Å². The Balaban J connectivity index is 2.16. The number of hydrogen-bond donors (Lipinski definition) is 0. The molecule has 2 nitrogen and oxygen atoms in total. The lowest BCUT2D eigenvalue weighted by Crippen LogP contribution is -1.92. The van der Waals surface area contributed by atoms with Crippen LogP contribution in [0.5, 0.6) is 0 Å². The lowest BCUT2D eigenvalue weighted by atomic mass is 10.2. The van der Waals surface area contributed by atoms with E-state index in [1.807, 2.05) is 30.3 Å². The summed E-state index contributed by atoms with van der Waals surface area (Å²) in [6.45, 7) is 0.590. The number of hydrogen-bond acceptors (Lipinski definition) is 3. The van der Waals surface area contributed by atoms with Crippen LogP contribution in [-0.4, -0.2) is 6.61 Å². The molecule has 2 rings (SSSR count). The molecule has 2 atom stereocenters. The van der Waals surface area contributed by atoms with Gasteiger partial charge in [0.25, 0.3) is 0 Å². The first-order chi connectivity index (χ1) is 5.86. The average Bonchev–Trinajstić information content (AvgIpc) is 2.54. The maximum Gasteiger partial charge on any atom is 0.247 e. The van der Waals surface area contributed by atoms with Crippen LogP contribution in [0.1, 0.15) is 10.8 Å². The molecule has 0 saturated carbocycles. The van der Waals surface area contributed by atoms with E-state index in [9.17, 15) is 4.57 Å². The first-order valence-corrected chi connectivity index (χ1v) is 6.67. The molecule has 1 saturated heterocycles. The van der Waals surface area contributed by atoms with E-state index in [0.717, 1.165) is 0 Å². The number of rotatable bonds is 1. The molecule has 0 aliphatic carbocycles. The second-order valence-corrected chi connectivity index (χ2v) is 5.88. The second kappa shape index (κ2) is 3.65. The standard InChI is InChI=1S/C8H9O2PS/c9-11-10-6-8(12-11)7-4-2-1-3-5-7/h1-5,8,11H,6H2/t8-/m1/s1. The molecular weight excluding hydrogens is 191 g/mol. The van der Waals surface area contributed by atoms with Crippen LogP contribution in [0.4, 0.5) is 0 Å². The third-order valence-corrected chi connectivity index (χ3v) is 4.83. The first kappa shape index (κ1) is 8.36. The highest BCUT2D eigenvalue weighted by atomic mass is 32.7. The van der Waals surface area contributed by atoms with Gasteiger partial charge in [0.1, 0.15) is 0 Å². The van der Waals surface area contributed by atoms with Gasteiger partial charge in [0.15, 0.2) is 0 Å². The maximum atomic E-state index is 11.0. The Labute approximate surface area is 75.9 Å². The largest absolute Gasteiger partial charge is 0.322 e. The van der Waals surface area contributed by atoms with Gasteiger partial charge in [-0.05, 0) is 5.56 Å². The van der Waals surface area contributed by atoms with E-state index in [4.69, 9.17) is 4.52 Å². The van der Waals surface area contributed by atoms with Gasteiger partial charge >= 0.3 is 0 Å². The lowest BCUT2D eigenvalue weighted by Gasteiger charge is -2.04. The van der Waals surface area contributed by atoms with Crippen molar-refractivity contribution in [2.75, 3.05) is 6.61 Å². The van der Waals surface area contributed by atoms with Crippen LogP contribution in [-0.2, 0) is 9.09 Å². The van der Waals surface area contributed by atoms with E-state index in [2.05, 4.69) is 0 Å². The second-order valence-electron chi connectivity index (χ2n) is 2.58. The molecule has 64 valence electrons. The summed E-state index contributed by atoms with van der Waals surface area (Å²) >= 11 is 1.44. The van der Waals surface area contributed by atoms with E-state index in [1.165, 1.54) is 16.9 Å². The van der Waals surface area contributed by atoms with Gasteiger partial charge in [0.2, 0.25) is 7.23 Å². The zero-order valence-electron chi connectivity index (χ0n) is 6.40. The van der Waals surface area contributed by atoms with Crippen molar-refractivity contribution in [1.29, 1.82) is 0 Å². The third kappa shape index (κ3) is 1.74. The van der Waals surface area contributed by atoms with Crippen LogP contribution in [0.25, 0.3) is 0 Å². The summed E-state index contributed by atoms with van der Waals surface area (Å²) in [7, 11) is -1.79. The summed E-state index contributed by atoms with van der Waals surface area (Å²) < 4.78 is 16.0. The van der Waals surface area contributed by atoms with Gasteiger partial charge in [-0.3, -0.25) is 4.57 Å². The van der Waals surface area contributed by atoms with Crippen molar-refractivity contribution in [3.05, 3.63) is 35.9 Å². The molecule has 0 spiro atoms. The Morgan fingerprint density at radius 2 is 2.17 bits per heavy atom. The highest BCUT2D eigenvalue weighted by Gasteiger charge is 2.23. The monoisotopic (exact) mass is 200 g/mol. The van der Waals surface area contributed by atoms with Crippen LogP contribution in [0.15, 0.2) is 30.3 Å². The fraction of sp³-hybridized carbons (Fsp3) is 0.250. The van der Waals surface area contributed by atoms with Crippen molar-refractivity contribution >= 4 is 18.6 Å². The molecule has 1 aromatic carbocycles. The predicted molar refractivity (Wildman–Crippen MR) is 51.7 cm³/mol. The van der Waals surface area contributed by atoms with Gasteiger partial charge in [0, 0.05) is 0 Å². The van der Waals surface area contributed by atoms with Gasteiger partial charge in [0.05, 0.1) is 11.9 Å². The normalized spacial score (nSPS) is 29.0. The van der Waals surface area contributed by atoms with E-state index in [1.54, 1.807) is 0 Å². The molecule has 4 heteroatoms. The van der Waals surface area contributed by atoms with Gasteiger partial charge in [-0.15, -0.1) is 0 Å². The smallest absolute Gasteiger partial charge is 0.247 e. The van der Waals surface area contributed by atoms with E-state index < -0.39 is 7.23 Å². The zero-order chi connectivity index (χ0) is 8.39. The summed E-state index contributed by atoms with van der Waals surface area (Å²) in [5.74, 6) is 0. The Bertz CT molecular complexity index is 288. The number of benzene rings is 1. The molecule has 1 unspecified atom stereocenters. The molecule has 1 aromatic rings. The van der Waals surface area contributed by atoms with Gasteiger partial charge in [-0.25, -0.2) is 0 Å². The molecule has 0 amide bonds. The van der Waals surface area contributed by atoms with E-state index in [0.29, 0.717) is 6.61 Å². The highest BCUT2D eigenvalue weighted by Crippen LogP contribution is 2.55. The molecule has 1 heterocycles. The van der Waals surface area contributed by atoms with Crippen molar-refractivity contribution in [3.63, 3.8) is 0 Å². The van der Waals surface area contributed by atoms with Crippen molar-refractivity contribution in [1.82, 2.24) is 0 Å². The minimum atomic E-state index is -1.79. The average molecular weight is 200 g/mol. The van der Waals surface area contributed by atoms with Crippen molar-refractivity contribution < 1.29 is 9.09 Å². The fourth-order valence-corrected chi connectivity index (χ4v) is 4.03. The summed E-state index contributed by atoms with van der Waals surface area (Å²) in [6.07, 6.45) is 0. The van der Waals surface area contributed by atoms with Crippen LogP contribution in [0.3, 0.4) is 0 Å². The summed E-state index contributed by atoms with van der Waals surface area (Å²) in [4.78, 5) is 0. The lowest BCUT2D eigenvalue weighted by molar-refractivity contribution is 0.351. The fourth-order valence-electron chi connectivity index (χ4n) is 1.16. The Morgan fingerprint density at radius 3 is 2.75 bits per heavy atom. The van der Waals surface area contributed by atoms with Crippen molar-refractivity contribution in [2.24, 2.45) is 0 Å². The molecule has 1 aliphatic heterocycles. The third-order valence-electron chi connectivity index (χ3n) is 1.76. The quantitative estimate of drug-likeness (QED) is 0.652. The molecule has 0 N–H and O–H groups in total.